The molecule has 1 amide bonds. The predicted octanol–water partition coefficient (Wildman–Crippen LogP) is 2.18. The van der Waals surface area contributed by atoms with Crippen LogP contribution in [0, 0.1) is 0 Å². The SMILES string of the molecule is CCC[C@H]1CCCN1C(=O)c1ccnc(C(=O)O)c1. The Balaban J connectivity index is 2.19. The summed E-state index contributed by atoms with van der Waals surface area (Å²) in [6.45, 7) is 2.87. The average Bonchev–Trinajstić information content (AvgIpc) is 2.86. The van der Waals surface area contributed by atoms with Crippen molar-refractivity contribution in [2.75, 3.05) is 6.54 Å². The monoisotopic (exact) mass is 262 g/mol. The topological polar surface area (TPSA) is 70.5 Å². The number of aromatic nitrogens is 1. The minimum Gasteiger partial charge on any atom is -0.477 e. The van der Waals surface area contributed by atoms with Gasteiger partial charge in [-0.25, -0.2) is 9.78 Å². The first-order valence-corrected chi connectivity index (χ1v) is 6.63. The number of hydrogen-bond acceptors (Lipinski definition) is 3. The fourth-order valence-corrected chi connectivity index (χ4v) is 2.58. The van der Waals surface area contributed by atoms with Crippen molar-refractivity contribution >= 4 is 11.9 Å². The first kappa shape index (κ1) is 13.5. The van der Waals surface area contributed by atoms with E-state index in [1.165, 1.54) is 12.3 Å². The van der Waals surface area contributed by atoms with Crippen LogP contribution < -0.4 is 0 Å². The molecule has 1 saturated heterocycles. The molecule has 2 rings (SSSR count). The van der Waals surface area contributed by atoms with Crippen LogP contribution in [0.4, 0.5) is 0 Å². The van der Waals surface area contributed by atoms with E-state index in [2.05, 4.69) is 11.9 Å². The Morgan fingerprint density at radius 1 is 1.53 bits per heavy atom. The Kier molecular flexibility index (Phi) is 4.14. The van der Waals surface area contributed by atoms with E-state index in [9.17, 15) is 9.59 Å². The molecule has 0 spiro atoms. The summed E-state index contributed by atoms with van der Waals surface area (Å²) in [5, 5.41) is 8.91. The number of pyridine rings is 1. The van der Waals surface area contributed by atoms with Gasteiger partial charge in [0.15, 0.2) is 0 Å². The molecule has 0 bridgehead atoms. The van der Waals surface area contributed by atoms with E-state index < -0.39 is 5.97 Å². The Bertz CT molecular complexity index is 487. The molecule has 0 saturated carbocycles. The molecule has 1 aromatic heterocycles. The maximum Gasteiger partial charge on any atom is 0.354 e. The molecule has 102 valence electrons. The number of carboxylic acid groups (broad SMARTS) is 1. The summed E-state index contributed by atoms with van der Waals surface area (Å²) in [6.07, 6.45) is 5.49. The molecule has 1 N–H and O–H groups in total. The van der Waals surface area contributed by atoms with Crippen LogP contribution in [0.1, 0.15) is 53.5 Å². The highest BCUT2D eigenvalue weighted by molar-refractivity contribution is 5.96. The highest BCUT2D eigenvalue weighted by Gasteiger charge is 2.28. The number of hydrogen-bond donors (Lipinski definition) is 1. The Hall–Kier alpha value is -1.91. The highest BCUT2D eigenvalue weighted by Crippen LogP contribution is 2.23. The Morgan fingerprint density at radius 2 is 2.32 bits per heavy atom. The summed E-state index contributed by atoms with van der Waals surface area (Å²) >= 11 is 0. The van der Waals surface area contributed by atoms with Gasteiger partial charge in [-0.05, 0) is 31.4 Å². The zero-order valence-corrected chi connectivity index (χ0v) is 11.0. The maximum absolute atomic E-state index is 12.4. The second-order valence-electron chi connectivity index (χ2n) is 4.82. The van der Waals surface area contributed by atoms with Gasteiger partial charge in [-0.3, -0.25) is 4.79 Å². The lowest BCUT2D eigenvalue weighted by molar-refractivity contribution is 0.0690. The molecule has 0 radical (unpaired) electrons. The normalized spacial score (nSPS) is 18.6. The summed E-state index contributed by atoms with van der Waals surface area (Å²) < 4.78 is 0. The van der Waals surface area contributed by atoms with E-state index in [1.54, 1.807) is 6.07 Å². The third-order valence-electron chi connectivity index (χ3n) is 3.49. The van der Waals surface area contributed by atoms with E-state index in [0.717, 1.165) is 32.2 Å². The number of carboxylic acids is 1. The van der Waals surface area contributed by atoms with E-state index in [1.807, 2.05) is 4.90 Å². The van der Waals surface area contributed by atoms with Crippen LogP contribution in [-0.2, 0) is 0 Å². The highest BCUT2D eigenvalue weighted by atomic mass is 16.4. The van der Waals surface area contributed by atoms with Crippen LogP contribution in [0.5, 0.6) is 0 Å². The predicted molar refractivity (Wildman–Crippen MR) is 70.2 cm³/mol. The molecule has 1 fully saturated rings. The molecule has 0 aliphatic carbocycles. The molecule has 5 nitrogen and oxygen atoms in total. The molecule has 1 aliphatic heterocycles. The quantitative estimate of drug-likeness (QED) is 0.902. The number of carbonyl (C=O) groups is 2. The number of nitrogens with zero attached hydrogens (tertiary/aromatic N) is 2. The first-order valence-electron chi connectivity index (χ1n) is 6.63. The van der Waals surface area contributed by atoms with Crippen molar-refractivity contribution in [3.05, 3.63) is 29.6 Å². The van der Waals surface area contributed by atoms with Crippen molar-refractivity contribution in [1.29, 1.82) is 0 Å². The van der Waals surface area contributed by atoms with Crippen LogP contribution in [0.3, 0.4) is 0 Å². The lowest BCUT2D eigenvalue weighted by atomic mass is 10.1. The van der Waals surface area contributed by atoms with Crippen molar-refractivity contribution in [3.63, 3.8) is 0 Å². The summed E-state index contributed by atoms with van der Waals surface area (Å²) in [6, 6.07) is 3.22. The molecular formula is C14H18N2O3. The lowest BCUT2D eigenvalue weighted by Crippen LogP contribution is -2.35. The van der Waals surface area contributed by atoms with E-state index in [0.29, 0.717) is 11.6 Å². The first-order chi connectivity index (χ1) is 9.13. The van der Waals surface area contributed by atoms with Gasteiger partial charge < -0.3 is 10.0 Å². The summed E-state index contributed by atoms with van der Waals surface area (Å²) in [5.74, 6) is -1.19. The van der Waals surface area contributed by atoms with Gasteiger partial charge in [0.2, 0.25) is 0 Å². The fourth-order valence-electron chi connectivity index (χ4n) is 2.58. The van der Waals surface area contributed by atoms with Gasteiger partial charge in [-0.2, -0.15) is 0 Å². The van der Waals surface area contributed by atoms with E-state index in [4.69, 9.17) is 5.11 Å². The standard InChI is InChI=1S/C14H18N2O3/c1-2-4-11-5-3-8-16(11)13(17)10-6-7-15-12(9-10)14(18)19/h6-7,9,11H,2-5,8H2,1H3,(H,18,19)/t11-/m0/s1. The smallest absolute Gasteiger partial charge is 0.354 e. The summed E-state index contributed by atoms with van der Waals surface area (Å²) in [7, 11) is 0. The van der Waals surface area contributed by atoms with Crippen LogP contribution in [0.15, 0.2) is 18.3 Å². The van der Waals surface area contributed by atoms with Crippen molar-refractivity contribution in [3.8, 4) is 0 Å². The number of carbonyl (C=O) groups excluding carboxylic acids is 1. The molecule has 5 heteroatoms. The number of likely N-dealkylation sites (tertiary alicyclic amines) is 1. The zero-order chi connectivity index (χ0) is 13.8. The Morgan fingerprint density at radius 3 is 3.00 bits per heavy atom. The molecule has 19 heavy (non-hydrogen) atoms. The molecular weight excluding hydrogens is 244 g/mol. The van der Waals surface area contributed by atoms with Gasteiger partial charge in [0.05, 0.1) is 0 Å². The second kappa shape index (κ2) is 5.82. The summed E-state index contributed by atoms with van der Waals surface area (Å²) in [4.78, 5) is 28.9. The molecule has 1 atom stereocenters. The maximum atomic E-state index is 12.4. The van der Waals surface area contributed by atoms with Gasteiger partial charge >= 0.3 is 5.97 Å². The lowest BCUT2D eigenvalue weighted by Gasteiger charge is -2.24. The van der Waals surface area contributed by atoms with Crippen LogP contribution in [0.2, 0.25) is 0 Å². The van der Waals surface area contributed by atoms with Crippen molar-refractivity contribution in [2.24, 2.45) is 0 Å². The van der Waals surface area contributed by atoms with Crippen LogP contribution >= 0.6 is 0 Å². The average molecular weight is 262 g/mol. The Labute approximate surface area is 112 Å². The molecule has 2 heterocycles. The van der Waals surface area contributed by atoms with Gasteiger partial charge in [0.1, 0.15) is 5.69 Å². The van der Waals surface area contributed by atoms with Crippen LogP contribution in [0.25, 0.3) is 0 Å². The third kappa shape index (κ3) is 2.92. The minimum absolute atomic E-state index is 0.0825. The van der Waals surface area contributed by atoms with E-state index >= 15 is 0 Å². The molecule has 0 aromatic carbocycles. The van der Waals surface area contributed by atoms with Gasteiger partial charge in [-0.1, -0.05) is 13.3 Å². The number of amides is 1. The largest absolute Gasteiger partial charge is 0.477 e. The zero-order valence-electron chi connectivity index (χ0n) is 11.0. The minimum atomic E-state index is -1.11. The molecule has 1 aromatic rings. The summed E-state index contributed by atoms with van der Waals surface area (Å²) in [5.41, 5.74) is 0.326. The van der Waals surface area contributed by atoms with Gasteiger partial charge in [-0.15, -0.1) is 0 Å². The molecule has 0 unspecified atom stereocenters. The second-order valence-corrected chi connectivity index (χ2v) is 4.82. The number of rotatable bonds is 4. The van der Waals surface area contributed by atoms with Crippen molar-refractivity contribution < 1.29 is 14.7 Å². The van der Waals surface area contributed by atoms with Gasteiger partial charge in [0.25, 0.3) is 5.91 Å². The van der Waals surface area contributed by atoms with Crippen LogP contribution in [-0.4, -0.2) is 39.5 Å². The van der Waals surface area contributed by atoms with Crippen molar-refractivity contribution in [1.82, 2.24) is 9.88 Å². The molecule has 1 aliphatic rings. The fraction of sp³-hybridized carbons (Fsp3) is 0.500. The van der Waals surface area contributed by atoms with E-state index in [-0.39, 0.29) is 11.6 Å². The third-order valence-corrected chi connectivity index (χ3v) is 3.49. The number of aromatic carboxylic acids is 1. The van der Waals surface area contributed by atoms with Crippen molar-refractivity contribution in [2.45, 2.75) is 38.6 Å². The van der Waals surface area contributed by atoms with Gasteiger partial charge in [0, 0.05) is 24.3 Å².